The van der Waals surface area contributed by atoms with Crippen molar-refractivity contribution >= 4 is 29.2 Å². The summed E-state index contributed by atoms with van der Waals surface area (Å²) in [6, 6.07) is 7.83. The average Bonchev–Trinajstić information content (AvgIpc) is 2.59. The van der Waals surface area contributed by atoms with Gasteiger partial charge in [-0.25, -0.2) is 4.79 Å². The zero-order valence-electron chi connectivity index (χ0n) is 14.6. The van der Waals surface area contributed by atoms with Gasteiger partial charge in [0, 0.05) is 49.1 Å². The molecule has 1 aromatic rings. The minimum Gasteiger partial charge on any atom is -0.378 e. The summed E-state index contributed by atoms with van der Waals surface area (Å²) >= 11 is 2.00. The molecule has 0 aliphatic carbocycles. The van der Waals surface area contributed by atoms with Crippen LogP contribution < -0.4 is 15.5 Å². The van der Waals surface area contributed by atoms with E-state index >= 15 is 0 Å². The highest BCUT2D eigenvalue weighted by Gasteiger charge is 2.11. The number of likely N-dealkylation sites (N-methyl/N-ethyl adjacent to an activating group) is 1. The van der Waals surface area contributed by atoms with Crippen LogP contribution in [0.4, 0.5) is 16.2 Å². The van der Waals surface area contributed by atoms with Gasteiger partial charge in [-0.1, -0.05) is 0 Å². The van der Waals surface area contributed by atoms with Gasteiger partial charge in [0.2, 0.25) is 0 Å². The van der Waals surface area contributed by atoms with Gasteiger partial charge < -0.3 is 25.2 Å². The first-order valence-electron chi connectivity index (χ1n) is 8.35. The lowest BCUT2D eigenvalue weighted by Crippen LogP contribution is -2.33. The molecule has 0 saturated carbocycles. The van der Waals surface area contributed by atoms with Gasteiger partial charge in [0.15, 0.2) is 0 Å². The number of nitrogens with one attached hydrogen (secondary N) is 2. The minimum absolute atomic E-state index is 0.201. The third kappa shape index (κ3) is 6.98. The Hall–Kier alpha value is -1.44. The third-order valence-corrected chi connectivity index (χ3v) is 4.66. The summed E-state index contributed by atoms with van der Waals surface area (Å²) < 4.78 is 5.44. The van der Waals surface area contributed by atoms with Gasteiger partial charge in [0.05, 0.1) is 13.2 Å². The van der Waals surface area contributed by atoms with Gasteiger partial charge in [0.1, 0.15) is 0 Å². The zero-order chi connectivity index (χ0) is 17.2. The third-order valence-electron chi connectivity index (χ3n) is 3.72. The topological polar surface area (TPSA) is 56.8 Å². The maximum Gasteiger partial charge on any atom is 0.319 e. The molecule has 0 radical (unpaired) electrons. The molecule has 0 bridgehead atoms. The summed E-state index contributed by atoms with van der Waals surface area (Å²) in [6.45, 7) is 4.76. The van der Waals surface area contributed by atoms with E-state index in [1.165, 1.54) is 17.2 Å². The van der Waals surface area contributed by atoms with Gasteiger partial charge >= 0.3 is 6.03 Å². The Morgan fingerprint density at radius 3 is 2.58 bits per heavy atom. The van der Waals surface area contributed by atoms with Crippen LogP contribution in [0.1, 0.15) is 0 Å². The highest BCUT2D eigenvalue weighted by Crippen LogP contribution is 2.21. The van der Waals surface area contributed by atoms with Crippen molar-refractivity contribution < 1.29 is 9.53 Å². The minimum atomic E-state index is -0.201. The molecule has 2 rings (SSSR count). The first-order chi connectivity index (χ1) is 11.6. The molecular weight excluding hydrogens is 324 g/mol. The fraction of sp³-hybridized carbons (Fsp3) is 0.588. The highest BCUT2D eigenvalue weighted by molar-refractivity contribution is 7.99. The quantitative estimate of drug-likeness (QED) is 0.700. The summed E-state index contributed by atoms with van der Waals surface area (Å²) in [5.74, 6) is 2.36. The Morgan fingerprint density at radius 1 is 1.21 bits per heavy atom. The number of carbonyl (C=O) groups excluding carboxylic acids is 1. The number of thioether (sulfide) groups is 1. The van der Waals surface area contributed by atoms with Gasteiger partial charge in [0.25, 0.3) is 0 Å². The van der Waals surface area contributed by atoms with Crippen molar-refractivity contribution in [3.8, 4) is 0 Å². The van der Waals surface area contributed by atoms with Crippen molar-refractivity contribution in [1.29, 1.82) is 0 Å². The lowest BCUT2D eigenvalue weighted by Gasteiger charge is -2.28. The standard InChI is InChI=1S/C17H28N4O2S/c1-20(2)8-12-23-11-7-18-17(22)19-15-3-5-16(6-4-15)21-9-13-24-14-10-21/h3-6H,7-14H2,1-2H3,(H2,18,19,22). The van der Waals surface area contributed by atoms with Gasteiger partial charge in [-0.3, -0.25) is 0 Å². The Morgan fingerprint density at radius 2 is 1.92 bits per heavy atom. The molecule has 0 atom stereocenters. The SMILES string of the molecule is CN(C)CCOCCNC(=O)Nc1ccc(N2CCSCC2)cc1. The maximum absolute atomic E-state index is 11.8. The smallest absolute Gasteiger partial charge is 0.319 e. The Kier molecular flexibility index (Phi) is 8.21. The molecular formula is C17H28N4O2S. The lowest BCUT2D eigenvalue weighted by molar-refractivity contribution is 0.120. The summed E-state index contributed by atoms with van der Waals surface area (Å²) in [6.07, 6.45) is 0. The number of benzene rings is 1. The second kappa shape index (κ2) is 10.4. The lowest BCUT2D eigenvalue weighted by atomic mass is 10.2. The predicted octanol–water partition coefficient (Wildman–Crippen LogP) is 1.94. The number of carbonyl (C=O) groups is 1. The summed E-state index contributed by atoms with van der Waals surface area (Å²) in [7, 11) is 4.01. The molecule has 0 aromatic heterocycles. The van der Waals surface area contributed by atoms with Crippen LogP contribution in [-0.2, 0) is 4.74 Å². The number of ether oxygens (including phenoxy) is 1. The molecule has 1 saturated heterocycles. The van der Waals surface area contributed by atoms with Crippen molar-refractivity contribution in [3.05, 3.63) is 24.3 Å². The van der Waals surface area contributed by atoms with E-state index in [-0.39, 0.29) is 6.03 Å². The Balaban J connectivity index is 1.64. The molecule has 6 nitrogen and oxygen atoms in total. The van der Waals surface area contributed by atoms with Crippen LogP contribution in [0, 0.1) is 0 Å². The average molecular weight is 353 g/mol. The molecule has 2 N–H and O–H groups in total. The van der Waals surface area contributed by atoms with Crippen LogP contribution in [0.5, 0.6) is 0 Å². The van der Waals surface area contributed by atoms with Crippen LogP contribution in [-0.4, -0.2) is 75.9 Å². The van der Waals surface area contributed by atoms with E-state index in [0.29, 0.717) is 19.8 Å². The first kappa shape index (κ1) is 18.9. The van der Waals surface area contributed by atoms with E-state index in [4.69, 9.17) is 4.74 Å². The molecule has 7 heteroatoms. The van der Waals surface area contributed by atoms with E-state index in [1.807, 2.05) is 38.0 Å². The number of nitrogens with zero attached hydrogens (tertiary/aromatic N) is 2. The van der Waals surface area contributed by atoms with Crippen molar-refractivity contribution in [2.45, 2.75) is 0 Å². The number of hydrogen-bond donors (Lipinski definition) is 2. The van der Waals surface area contributed by atoms with Crippen LogP contribution in [0.25, 0.3) is 0 Å². The van der Waals surface area contributed by atoms with E-state index in [1.54, 1.807) is 0 Å². The second-order valence-corrected chi connectivity index (χ2v) is 7.17. The maximum atomic E-state index is 11.8. The molecule has 1 aliphatic heterocycles. The van der Waals surface area contributed by atoms with Crippen LogP contribution in [0.2, 0.25) is 0 Å². The van der Waals surface area contributed by atoms with E-state index in [2.05, 4.69) is 32.6 Å². The van der Waals surface area contributed by atoms with Crippen LogP contribution in [0.3, 0.4) is 0 Å². The van der Waals surface area contributed by atoms with E-state index in [0.717, 1.165) is 25.3 Å². The molecule has 1 fully saturated rings. The molecule has 2 amide bonds. The molecule has 24 heavy (non-hydrogen) atoms. The summed E-state index contributed by atoms with van der Waals surface area (Å²) in [5, 5.41) is 5.64. The van der Waals surface area contributed by atoms with Gasteiger partial charge in [-0.2, -0.15) is 11.8 Å². The second-order valence-electron chi connectivity index (χ2n) is 5.94. The normalized spacial score (nSPS) is 14.7. The number of rotatable bonds is 8. The largest absolute Gasteiger partial charge is 0.378 e. The molecule has 0 unspecified atom stereocenters. The number of amides is 2. The first-order valence-corrected chi connectivity index (χ1v) is 9.51. The molecule has 0 spiro atoms. The number of anilines is 2. The monoisotopic (exact) mass is 352 g/mol. The van der Waals surface area contributed by atoms with Gasteiger partial charge in [-0.15, -0.1) is 0 Å². The van der Waals surface area contributed by atoms with Crippen molar-refractivity contribution in [2.75, 3.05) is 75.2 Å². The Labute approximate surface area is 148 Å². The molecule has 1 aliphatic rings. The Bertz CT molecular complexity index is 490. The fourth-order valence-electron chi connectivity index (χ4n) is 2.34. The highest BCUT2D eigenvalue weighted by atomic mass is 32.2. The van der Waals surface area contributed by atoms with Crippen molar-refractivity contribution in [1.82, 2.24) is 10.2 Å². The predicted molar refractivity (Wildman–Crippen MR) is 102 cm³/mol. The summed E-state index contributed by atoms with van der Waals surface area (Å²) in [4.78, 5) is 16.3. The fourth-order valence-corrected chi connectivity index (χ4v) is 3.24. The summed E-state index contributed by atoms with van der Waals surface area (Å²) in [5.41, 5.74) is 2.02. The number of hydrogen-bond acceptors (Lipinski definition) is 5. The van der Waals surface area contributed by atoms with Crippen LogP contribution >= 0.6 is 11.8 Å². The molecule has 1 aromatic carbocycles. The molecule has 134 valence electrons. The number of urea groups is 1. The van der Waals surface area contributed by atoms with E-state index < -0.39 is 0 Å². The van der Waals surface area contributed by atoms with Crippen molar-refractivity contribution in [2.24, 2.45) is 0 Å². The van der Waals surface area contributed by atoms with Crippen molar-refractivity contribution in [3.63, 3.8) is 0 Å². The zero-order valence-corrected chi connectivity index (χ0v) is 15.4. The van der Waals surface area contributed by atoms with Crippen LogP contribution in [0.15, 0.2) is 24.3 Å². The van der Waals surface area contributed by atoms with Gasteiger partial charge in [-0.05, 0) is 38.4 Å². The molecule has 1 heterocycles. The van der Waals surface area contributed by atoms with E-state index in [9.17, 15) is 4.79 Å².